The summed E-state index contributed by atoms with van der Waals surface area (Å²) in [6.07, 6.45) is 1.94. The van der Waals surface area contributed by atoms with Crippen LogP contribution in [0.1, 0.15) is 16.7 Å². The zero-order valence-corrected chi connectivity index (χ0v) is 12.4. The number of benzene rings is 2. The third-order valence-corrected chi connectivity index (χ3v) is 4.23. The van der Waals surface area contributed by atoms with Crippen LogP contribution in [-0.4, -0.2) is 12.6 Å². The molecule has 0 bridgehead atoms. The smallest absolute Gasteiger partial charge is 0.122 e. The highest BCUT2D eigenvalue weighted by Gasteiger charge is 2.26. The van der Waals surface area contributed by atoms with E-state index in [4.69, 9.17) is 10.6 Å². The number of rotatable bonds is 4. The standard InChI is InChI=1S/C18H22N2O/c1-13-5-4-6-14(9-13)10-17(20-19)16-11-15-7-2-3-8-18(15)21-12-16/h2-9,16-17,20H,10-12,19H2,1H3. The molecule has 2 unspecified atom stereocenters. The third kappa shape index (κ3) is 3.26. The van der Waals surface area contributed by atoms with Gasteiger partial charge in [-0.1, -0.05) is 48.0 Å². The lowest BCUT2D eigenvalue weighted by molar-refractivity contribution is 0.183. The number of ether oxygens (including phenoxy) is 1. The van der Waals surface area contributed by atoms with Crippen molar-refractivity contribution in [1.29, 1.82) is 0 Å². The van der Waals surface area contributed by atoms with Crippen molar-refractivity contribution in [3.8, 4) is 5.75 Å². The fourth-order valence-electron chi connectivity index (χ4n) is 3.06. The minimum absolute atomic E-state index is 0.222. The second-order valence-electron chi connectivity index (χ2n) is 5.85. The highest BCUT2D eigenvalue weighted by molar-refractivity contribution is 5.35. The van der Waals surface area contributed by atoms with Crippen LogP contribution in [0.5, 0.6) is 5.75 Å². The lowest BCUT2D eigenvalue weighted by Gasteiger charge is -2.31. The summed E-state index contributed by atoms with van der Waals surface area (Å²) in [4.78, 5) is 0. The molecule has 0 saturated heterocycles. The van der Waals surface area contributed by atoms with Gasteiger partial charge in [0.2, 0.25) is 0 Å². The van der Waals surface area contributed by atoms with Crippen LogP contribution in [0.2, 0.25) is 0 Å². The number of aryl methyl sites for hydroxylation is 1. The first-order valence-electron chi connectivity index (χ1n) is 7.48. The molecular formula is C18H22N2O. The average Bonchev–Trinajstić information content (AvgIpc) is 2.52. The van der Waals surface area contributed by atoms with Gasteiger partial charge in [-0.25, -0.2) is 0 Å². The zero-order valence-electron chi connectivity index (χ0n) is 12.4. The summed E-state index contributed by atoms with van der Waals surface area (Å²) in [7, 11) is 0. The molecule has 0 fully saturated rings. The van der Waals surface area contributed by atoms with Crippen molar-refractivity contribution in [1.82, 2.24) is 5.43 Å². The van der Waals surface area contributed by atoms with Gasteiger partial charge >= 0.3 is 0 Å². The number of hydrazine groups is 1. The van der Waals surface area contributed by atoms with Crippen molar-refractivity contribution in [2.75, 3.05) is 6.61 Å². The van der Waals surface area contributed by atoms with Crippen molar-refractivity contribution in [2.45, 2.75) is 25.8 Å². The molecule has 0 spiro atoms. The molecule has 2 atom stereocenters. The third-order valence-electron chi connectivity index (χ3n) is 4.23. The Morgan fingerprint density at radius 3 is 2.90 bits per heavy atom. The van der Waals surface area contributed by atoms with Gasteiger partial charge in [-0.2, -0.15) is 0 Å². The Morgan fingerprint density at radius 1 is 1.24 bits per heavy atom. The van der Waals surface area contributed by atoms with Gasteiger partial charge in [0.25, 0.3) is 0 Å². The lowest BCUT2D eigenvalue weighted by Crippen LogP contribution is -2.46. The predicted octanol–water partition coefficient (Wildman–Crippen LogP) is 2.62. The van der Waals surface area contributed by atoms with Crippen molar-refractivity contribution in [3.63, 3.8) is 0 Å². The summed E-state index contributed by atoms with van der Waals surface area (Å²) in [6.45, 7) is 2.84. The Morgan fingerprint density at radius 2 is 2.10 bits per heavy atom. The summed E-state index contributed by atoms with van der Waals surface area (Å²) in [6, 6.07) is 17.1. The van der Waals surface area contributed by atoms with E-state index in [2.05, 4.69) is 48.7 Å². The highest BCUT2D eigenvalue weighted by atomic mass is 16.5. The summed E-state index contributed by atoms with van der Waals surface area (Å²) in [5.41, 5.74) is 6.87. The van der Waals surface area contributed by atoms with E-state index in [1.54, 1.807) is 0 Å². The van der Waals surface area contributed by atoms with Crippen LogP contribution in [0.3, 0.4) is 0 Å². The van der Waals surface area contributed by atoms with Gasteiger partial charge in [0, 0.05) is 12.0 Å². The molecule has 0 radical (unpaired) electrons. The molecule has 21 heavy (non-hydrogen) atoms. The number of fused-ring (bicyclic) bond motifs is 1. The molecule has 0 amide bonds. The number of nitrogens with one attached hydrogen (secondary N) is 1. The van der Waals surface area contributed by atoms with Crippen LogP contribution in [-0.2, 0) is 12.8 Å². The molecule has 1 aliphatic rings. The normalized spacial score (nSPS) is 18.7. The van der Waals surface area contributed by atoms with Gasteiger partial charge in [-0.05, 0) is 37.0 Å². The van der Waals surface area contributed by atoms with E-state index in [1.807, 2.05) is 12.1 Å². The molecule has 3 N–H and O–H groups in total. The van der Waals surface area contributed by atoms with E-state index < -0.39 is 0 Å². The van der Waals surface area contributed by atoms with E-state index in [1.165, 1.54) is 16.7 Å². The van der Waals surface area contributed by atoms with Crippen LogP contribution < -0.4 is 16.0 Å². The fraction of sp³-hybridized carbons (Fsp3) is 0.333. The SMILES string of the molecule is Cc1cccc(CC(NN)C2COc3ccccc3C2)c1. The molecular weight excluding hydrogens is 260 g/mol. The molecule has 1 aliphatic heterocycles. The van der Waals surface area contributed by atoms with E-state index >= 15 is 0 Å². The van der Waals surface area contributed by atoms with Crippen molar-refractivity contribution < 1.29 is 4.74 Å². The Hall–Kier alpha value is -1.84. The van der Waals surface area contributed by atoms with Gasteiger partial charge in [0.05, 0.1) is 6.61 Å². The minimum atomic E-state index is 0.222. The predicted molar refractivity (Wildman–Crippen MR) is 85.1 cm³/mol. The van der Waals surface area contributed by atoms with Gasteiger partial charge in [-0.15, -0.1) is 0 Å². The van der Waals surface area contributed by atoms with Gasteiger partial charge in [0.1, 0.15) is 5.75 Å². The molecule has 3 nitrogen and oxygen atoms in total. The molecule has 0 saturated carbocycles. The Kier molecular flexibility index (Phi) is 4.23. The second kappa shape index (κ2) is 6.29. The number of hydrogen-bond acceptors (Lipinski definition) is 3. The van der Waals surface area contributed by atoms with E-state index in [-0.39, 0.29) is 6.04 Å². The molecule has 2 aromatic rings. The maximum atomic E-state index is 5.88. The van der Waals surface area contributed by atoms with Crippen LogP contribution in [0.15, 0.2) is 48.5 Å². The van der Waals surface area contributed by atoms with Crippen molar-refractivity contribution in [2.24, 2.45) is 11.8 Å². The Labute approximate surface area is 126 Å². The van der Waals surface area contributed by atoms with E-state index in [9.17, 15) is 0 Å². The van der Waals surface area contributed by atoms with Gasteiger partial charge in [-0.3, -0.25) is 11.3 Å². The van der Waals surface area contributed by atoms with Crippen molar-refractivity contribution >= 4 is 0 Å². The molecule has 0 aliphatic carbocycles. The van der Waals surface area contributed by atoms with Crippen LogP contribution >= 0.6 is 0 Å². The second-order valence-corrected chi connectivity index (χ2v) is 5.85. The van der Waals surface area contributed by atoms with E-state index in [0.717, 1.165) is 25.2 Å². The summed E-state index contributed by atoms with van der Waals surface area (Å²) < 4.78 is 5.88. The number of para-hydroxylation sites is 1. The van der Waals surface area contributed by atoms with Crippen LogP contribution in [0, 0.1) is 12.8 Å². The first-order chi connectivity index (χ1) is 10.3. The summed E-state index contributed by atoms with van der Waals surface area (Å²) in [5.74, 6) is 7.21. The summed E-state index contributed by atoms with van der Waals surface area (Å²) >= 11 is 0. The molecule has 2 aromatic carbocycles. The number of nitrogens with two attached hydrogens (primary N) is 1. The molecule has 3 heteroatoms. The van der Waals surface area contributed by atoms with Crippen molar-refractivity contribution in [3.05, 3.63) is 65.2 Å². The number of hydrogen-bond donors (Lipinski definition) is 2. The van der Waals surface area contributed by atoms with Crippen LogP contribution in [0.4, 0.5) is 0 Å². The molecule has 110 valence electrons. The Balaban J connectivity index is 1.73. The average molecular weight is 282 g/mol. The quantitative estimate of drug-likeness (QED) is 0.669. The van der Waals surface area contributed by atoms with Crippen LogP contribution in [0.25, 0.3) is 0 Å². The Bertz CT molecular complexity index is 612. The molecule has 1 heterocycles. The maximum Gasteiger partial charge on any atom is 0.122 e. The first kappa shape index (κ1) is 14.1. The van der Waals surface area contributed by atoms with Gasteiger partial charge < -0.3 is 4.74 Å². The summed E-state index contributed by atoms with van der Waals surface area (Å²) in [5, 5.41) is 0. The minimum Gasteiger partial charge on any atom is -0.493 e. The van der Waals surface area contributed by atoms with Gasteiger partial charge in [0.15, 0.2) is 0 Å². The molecule has 3 rings (SSSR count). The lowest BCUT2D eigenvalue weighted by atomic mass is 9.87. The fourth-order valence-corrected chi connectivity index (χ4v) is 3.06. The highest BCUT2D eigenvalue weighted by Crippen LogP contribution is 2.29. The maximum absolute atomic E-state index is 5.88. The first-order valence-corrected chi connectivity index (χ1v) is 7.48. The molecule has 0 aromatic heterocycles. The van der Waals surface area contributed by atoms with E-state index in [0.29, 0.717) is 5.92 Å². The largest absolute Gasteiger partial charge is 0.493 e. The zero-order chi connectivity index (χ0) is 14.7. The topological polar surface area (TPSA) is 47.3 Å². The monoisotopic (exact) mass is 282 g/mol.